The normalized spacial score (nSPS) is 10.4. The zero-order valence-corrected chi connectivity index (χ0v) is 11.9. The second-order valence-corrected chi connectivity index (χ2v) is 4.30. The van der Waals surface area contributed by atoms with Gasteiger partial charge in [-0.1, -0.05) is 0 Å². The van der Waals surface area contributed by atoms with Gasteiger partial charge in [-0.15, -0.1) is 0 Å². The van der Waals surface area contributed by atoms with Crippen LogP contribution in [0.15, 0.2) is 23.0 Å². The molecule has 0 unspecified atom stereocenters. The average molecular weight is 291 g/mol. The number of methoxy groups -OCH3 is 1. The van der Waals surface area contributed by atoms with E-state index < -0.39 is 11.7 Å². The standard InChI is InChI=1S/C13H16N4O4/c1-4-17(13(19)20)15-11-12(18)16(2)10-6-5-8(21-3)7-9(10)14-11/h5-7H,4H2,1-3H3,(H,14,15)(H,19,20)/p-1. The van der Waals surface area contributed by atoms with Crippen LogP contribution in [0.5, 0.6) is 5.75 Å². The quantitative estimate of drug-likeness (QED) is 0.792. The Morgan fingerprint density at radius 1 is 1.52 bits per heavy atom. The average Bonchev–Trinajstić information content (AvgIpc) is 2.48. The number of aromatic nitrogens is 2. The van der Waals surface area contributed by atoms with Crippen molar-refractivity contribution < 1.29 is 14.6 Å². The minimum absolute atomic E-state index is 0.0932. The first kappa shape index (κ1) is 14.6. The predicted molar refractivity (Wildman–Crippen MR) is 74.9 cm³/mol. The highest BCUT2D eigenvalue weighted by Gasteiger charge is 2.12. The SMILES string of the molecule is CCN(Nc1nc2cc(OC)ccc2n(C)c1=O)C(=O)[O-]. The van der Waals surface area contributed by atoms with E-state index in [1.54, 1.807) is 32.2 Å². The molecule has 0 aliphatic rings. The van der Waals surface area contributed by atoms with E-state index in [1.165, 1.54) is 11.7 Å². The summed E-state index contributed by atoms with van der Waals surface area (Å²) in [6.45, 7) is 1.72. The van der Waals surface area contributed by atoms with Gasteiger partial charge in [-0.25, -0.2) is 4.98 Å². The summed E-state index contributed by atoms with van der Waals surface area (Å²) in [6.07, 6.45) is -1.44. The maximum atomic E-state index is 12.2. The monoisotopic (exact) mass is 291 g/mol. The number of hydrazine groups is 1. The minimum atomic E-state index is -1.44. The molecule has 0 fully saturated rings. The maximum absolute atomic E-state index is 12.2. The molecule has 0 bridgehead atoms. The third kappa shape index (κ3) is 2.73. The van der Waals surface area contributed by atoms with Gasteiger partial charge in [-0.3, -0.25) is 15.2 Å². The topological polar surface area (TPSA) is 99.5 Å². The summed E-state index contributed by atoms with van der Waals surface area (Å²) < 4.78 is 6.49. The number of amides is 1. The fourth-order valence-electron chi connectivity index (χ4n) is 1.89. The van der Waals surface area contributed by atoms with E-state index in [4.69, 9.17) is 4.74 Å². The number of hydrogen-bond acceptors (Lipinski definition) is 6. The molecule has 1 heterocycles. The van der Waals surface area contributed by atoms with Crippen LogP contribution in [0.4, 0.5) is 10.6 Å². The number of carbonyl (C=O) groups is 1. The van der Waals surface area contributed by atoms with E-state index in [2.05, 4.69) is 10.4 Å². The second-order valence-electron chi connectivity index (χ2n) is 4.30. The van der Waals surface area contributed by atoms with Crippen molar-refractivity contribution in [3.63, 3.8) is 0 Å². The summed E-state index contributed by atoms with van der Waals surface area (Å²) in [7, 11) is 3.11. The molecule has 0 aliphatic carbocycles. The first-order chi connectivity index (χ1) is 9.97. The van der Waals surface area contributed by atoms with Gasteiger partial charge >= 0.3 is 0 Å². The number of fused-ring (bicyclic) bond motifs is 1. The Labute approximate surface area is 120 Å². The van der Waals surface area contributed by atoms with Crippen LogP contribution in [0.2, 0.25) is 0 Å². The molecule has 2 rings (SSSR count). The Bertz CT molecular complexity index is 741. The molecule has 8 nitrogen and oxygen atoms in total. The van der Waals surface area contributed by atoms with Crippen molar-refractivity contribution in [3.05, 3.63) is 28.6 Å². The second kappa shape index (κ2) is 5.70. The van der Waals surface area contributed by atoms with Crippen LogP contribution in [0.1, 0.15) is 6.92 Å². The van der Waals surface area contributed by atoms with Crippen LogP contribution in [0.3, 0.4) is 0 Å². The number of nitrogens with one attached hydrogen (secondary N) is 1. The third-order valence-corrected chi connectivity index (χ3v) is 3.06. The van der Waals surface area contributed by atoms with Gasteiger partial charge in [0.1, 0.15) is 5.75 Å². The predicted octanol–water partition coefficient (Wildman–Crippen LogP) is -0.0658. The van der Waals surface area contributed by atoms with E-state index >= 15 is 0 Å². The number of carboxylic acid groups (broad SMARTS) is 1. The number of rotatable bonds is 4. The van der Waals surface area contributed by atoms with Gasteiger partial charge in [-0.2, -0.15) is 0 Å². The van der Waals surface area contributed by atoms with Crippen LogP contribution in [-0.2, 0) is 7.05 Å². The van der Waals surface area contributed by atoms with E-state index in [0.29, 0.717) is 16.8 Å². The number of nitrogens with zero attached hydrogens (tertiary/aromatic N) is 3. The zero-order chi connectivity index (χ0) is 15.6. The molecule has 0 saturated heterocycles. The number of anilines is 1. The van der Waals surface area contributed by atoms with E-state index in [0.717, 1.165) is 5.01 Å². The van der Waals surface area contributed by atoms with Crippen molar-refractivity contribution in [1.29, 1.82) is 0 Å². The maximum Gasteiger partial charge on any atom is 0.295 e. The molecule has 0 spiro atoms. The van der Waals surface area contributed by atoms with Gasteiger partial charge in [-0.05, 0) is 19.1 Å². The molecule has 1 aromatic heterocycles. The lowest BCUT2D eigenvalue weighted by molar-refractivity contribution is -0.263. The van der Waals surface area contributed by atoms with Crippen molar-refractivity contribution in [1.82, 2.24) is 14.6 Å². The highest BCUT2D eigenvalue weighted by Crippen LogP contribution is 2.18. The summed E-state index contributed by atoms with van der Waals surface area (Å²) in [5.41, 5.74) is 3.14. The molecule has 112 valence electrons. The lowest BCUT2D eigenvalue weighted by atomic mass is 10.3. The summed E-state index contributed by atoms with van der Waals surface area (Å²) in [5, 5.41) is 11.7. The first-order valence-electron chi connectivity index (χ1n) is 6.27. The Hall–Kier alpha value is -2.77. The molecular weight excluding hydrogens is 276 g/mol. The Balaban J connectivity index is 2.56. The summed E-state index contributed by atoms with van der Waals surface area (Å²) >= 11 is 0. The fraction of sp³-hybridized carbons (Fsp3) is 0.308. The molecule has 0 aliphatic heterocycles. The molecule has 1 N–H and O–H groups in total. The summed E-state index contributed by atoms with van der Waals surface area (Å²) in [4.78, 5) is 27.2. The Morgan fingerprint density at radius 2 is 2.24 bits per heavy atom. The molecule has 0 radical (unpaired) electrons. The van der Waals surface area contributed by atoms with Crippen LogP contribution < -0.4 is 20.8 Å². The van der Waals surface area contributed by atoms with Crippen molar-refractivity contribution >= 4 is 22.9 Å². The van der Waals surface area contributed by atoms with Gasteiger partial charge in [0.2, 0.25) is 5.82 Å². The molecule has 1 aromatic carbocycles. The first-order valence-corrected chi connectivity index (χ1v) is 6.27. The van der Waals surface area contributed by atoms with Gasteiger partial charge in [0, 0.05) is 19.7 Å². The Morgan fingerprint density at radius 3 is 2.81 bits per heavy atom. The number of aryl methyl sites for hydroxylation is 1. The molecule has 8 heteroatoms. The fourth-order valence-corrected chi connectivity index (χ4v) is 1.89. The molecular formula is C13H15N4O4-. The summed E-state index contributed by atoms with van der Waals surface area (Å²) in [6, 6.07) is 5.09. The lowest BCUT2D eigenvalue weighted by Gasteiger charge is -2.24. The molecule has 1 amide bonds. The molecule has 0 saturated carbocycles. The van der Waals surface area contributed by atoms with Crippen molar-refractivity contribution in [2.45, 2.75) is 6.92 Å². The minimum Gasteiger partial charge on any atom is -0.529 e. The van der Waals surface area contributed by atoms with Gasteiger partial charge in [0.05, 0.1) is 18.1 Å². The van der Waals surface area contributed by atoms with Crippen molar-refractivity contribution in [2.24, 2.45) is 7.05 Å². The molecule has 21 heavy (non-hydrogen) atoms. The number of carbonyl (C=O) groups excluding carboxylic acids is 1. The third-order valence-electron chi connectivity index (χ3n) is 3.06. The molecule has 2 aromatic rings. The highest BCUT2D eigenvalue weighted by molar-refractivity contribution is 5.78. The smallest absolute Gasteiger partial charge is 0.295 e. The Kier molecular flexibility index (Phi) is 3.97. The number of hydrogen-bond donors (Lipinski definition) is 1. The van der Waals surface area contributed by atoms with Crippen LogP contribution in [0, 0.1) is 0 Å². The van der Waals surface area contributed by atoms with Crippen molar-refractivity contribution in [3.8, 4) is 5.75 Å². The van der Waals surface area contributed by atoms with Gasteiger partial charge in [0.15, 0.2) is 6.09 Å². The van der Waals surface area contributed by atoms with E-state index in [-0.39, 0.29) is 12.4 Å². The van der Waals surface area contributed by atoms with Crippen LogP contribution >= 0.6 is 0 Å². The lowest BCUT2D eigenvalue weighted by Crippen LogP contribution is -2.46. The number of benzene rings is 1. The van der Waals surface area contributed by atoms with Gasteiger partial charge in [0.25, 0.3) is 5.56 Å². The molecule has 0 atom stereocenters. The summed E-state index contributed by atoms with van der Waals surface area (Å²) in [5.74, 6) is 0.496. The zero-order valence-electron chi connectivity index (χ0n) is 11.9. The van der Waals surface area contributed by atoms with Crippen LogP contribution in [-0.4, -0.2) is 34.3 Å². The number of ether oxygens (including phenoxy) is 1. The highest BCUT2D eigenvalue weighted by atomic mass is 16.5. The van der Waals surface area contributed by atoms with Crippen molar-refractivity contribution in [2.75, 3.05) is 19.1 Å². The van der Waals surface area contributed by atoms with Crippen LogP contribution in [0.25, 0.3) is 11.0 Å². The van der Waals surface area contributed by atoms with E-state index in [9.17, 15) is 14.7 Å². The van der Waals surface area contributed by atoms with E-state index in [1.807, 2.05) is 0 Å². The van der Waals surface area contributed by atoms with Gasteiger partial charge < -0.3 is 19.2 Å². The largest absolute Gasteiger partial charge is 0.529 e.